The van der Waals surface area contributed by atoms with Gasteiger partial charge in [0, 0.05) is 43.6 Å². The molecule has 0 bridgehead atoms. The molecule has 36 heavy (non-hydrogen) atoms. The number of anilines is 1. The van der Waals surface area contributed by atoms with Gasteiger partial charge in [-0.05, 0) is 55.2 Å². The number of carbonyl (C=O) groups is 2. The van der Waals surface area contributed by atoms with Crippen LogP contribution in [0.2, 0.25) is 0 Å². The van der Waals surface area contributed by atoms with Crippen LogP contribution in [0.5, 0.6) is 5.75 Å². The van der Waals surface area contributed by atoms with Crippen molar-refractivity contribution in [1.82, 2.24) is 4.90 Å². The zero-order chi connectivity index (χ0) is 26.6. The zero-order valence-electron chi connectivity index (χ0n) is 22.4. The summed E-state index contributed by atoms with van der Waals surface area (Å²) in [5.74, 6) is -0.840. The van der Waals surface area contributed by atoms with E-state index in [0.29, 0.717) is 11.3 Å². The third-order valence-corrected chi connectivity index (χ3v) is 6.69. The van der Waals surface area contributed by atoms with Crippen molar-refractivity contribution in [3.05, 3.63) is 64.7 Å². The van der Waals surface area contributed by atoms with Gasteiger partial charge in [0.1, 0.15) is 11.5 Å². The van der Waals surface area contributed by atoms with Crippen molar-refractivity contribution in [1.29, 1.82) is 0 Å². The third kappa shape index (κ3) is 5.26. The number of hydrogen-bond donors (Lipinski definition) is 1. The summed E-state index contributed by atoms with van der Waals surface area (Å²) < 4.78 is 10.7. The minimum atomic E-state index is -0.717. The summed E-state index contributed by atoms with van der Waals surface area (Å²) in [5.41, 5.74) is 3.00. The number of likely N-dealkylation sites (tertiary alicyclic amines) is 1. The first-order valence-corrected chi connectivity index (χ1v) is 12.4. The van der Waals surface area contributed by atoms with E-state index in [1.807, 2.05) is 30.3 Å². The van der Waals surface area contributed by atoms with Crippen molar-refractivity contribution < 1.29 is 24.2 Å². The molecule has 0 saturated carbocycles. The van der Waals surface area contributed by atoms with Crippen molar-refractivity contribution in [3.63, 3.8) is 0 Å². The first-order chi connectivity index (χ1) is 17.1. The lowest BCUT2D eigenvalue weighted by atomic mass is 9.84. The molecule has 1 atom stereocenters. The molecule has 3 rings (SSSR count). The summed E-state index contributed by atoms with van der Waals surface area (Å²) in [6.45, 7) is 12.6. The van der Waals surface area contributed by atoms with E-state index in [4.69, 9.17) is 9.47 Å². The summed E-state index contributed by atoms with van der Waals surface area (Å²) in [6, 6.07) is 12.4. The Morgan fingerprint density at radius 1 is 1.03 bits per heavy atom. The van der Waals surface area contributed by atoms with Gasteiger partial charge in [0.2, 0.25) is 0 Å². The minimum Gasteiger partial charge on any atom is -0.507 e. The van der Waals surface area contributed by atoms with Crippen LogP contribution in [0.1, 0.15) is 57.4 Å². The molecule has 1 heterocycles. The molecule has 0 aliphatic carbocycles. The van der Waals surface area contributed by atoms with Crippen LogP contribution in [0.15, 0.2) is 48.0 Å². The Labute approximate surface area is 214 Å². The van der Waals surface area contributed by atoms with Crippen molar-refractivity contribution in [3.8, 4) is 5.75 Å². The first kappa shape index (κ1) is 27.3. The summed E-state index contributed by atoms with van der Waals surface area (Å²) >= 11 is 0. The number of hydrogen-bond acceptors (Lipinski definition) is 6. The van der Waals surface area contributed by atoms with Gasteiger partial charge < -0.3 is 24.4 Å². The molecule has 0 spiro atoms. The molecule has 1 fully saturated rings. The molecule has 2 aromatic carbocycles. The lowest BCUT2D eigenvalue weighted by Gasteiger charge is -2.27. The van der Waals surface area contributed by atoms with Gasteiger partial charge in [0.25, 0.3) is 11.7 Å². The number of methoxy groups -OCH3 is 2. The molecule has 0 radical (unpaired) electrons. The van der Waals surface area contributed by atoms with E-state index in [9.17, 15) is 14.7 Å². The highest BCUT2D eigenvalue weighted by Gasteiger charge is 2.46. The molecule has 1 aliphatic rings. The van der Waals surface area contributed by atoms with E-state index >= 15 is 0 Å². The predicted octanol–water partition coefficient (Wildman–Crippen LogP) is 4.91. The van der Waals surface area contributed by atoms with Crippen LogP contribution in [-0.4, -0.2) is 62.2 Å². The van der Waals surface area contributed by atoms with Gasteiger partial charge in [-0.2, -0.15) is 0 Å². The lowest BCUT2D eigenvalue weighted by Crippen LogP contribution is -2.32. The molecule has 2 aromatic rings. The average Bonchev–Trinajstić information content (AvgIpc) is 3.12. The van der Waals surface area contributed by atoms with Crippen LogP contribution in [-0.2, 0) is 19.7 Å². The monoisotopic (exact) mass is 494 g/mol. The highest BCUT2D eigenvalue weighted by molar-refractivity contribution is 6.46. The standard InChI is InChI=1S/C29H38N2O5/c1-8-30(9-2)21-13-10-19(11-14-21)25-24(27(33)28(34)31(25)16-17-35-6)26(32)20-12-15-23(36-7)22(18-20)29(3,4)5/h10-15,18,25,32H,8-9,16-17H2,1-7H3/b26-24-. The molecule has 1 N–H and O–H groups in total. The minimum absolute atomic E-state index is 0.0803. The van der Waals surface area contributed by atoms with Gasteiger partial charge in [0.15, 0.2) is 0 Å². The van der Waals surface area contributed by atoms with Crippen molar-refractivity contribution in [2.24, 2.45) is 0 Å². The molecule has 1 aliphatic heterocycles. The molecular weight excluding hydrogens is 456 g/mol. The maximum atomic E-state index is 13.3. The van der Waals surface area contributed by atoms with Crippen molar-refractivity contribution in [2.45, 2.75) is 46.1 Å². The largest absolute Gasteiger partial charge is 0.507 e. The Balaban J connectivity index is 2.17. The highest BCUT2D eigenvalue weighted by atomic mass is 16.5. The van der Waals surface area contributed by atoms with Gasteiger partial charge in [0.05, 0.1) is 25.3 Å². The Hall–Kier alpha value is -3.32. The molecule has 1 unspecified atom stereocenters. The molecule has 194 valence electrons. The Morgan fingerprint density at radius 3 is 2.19 bits per heavy atom. The third-order valence-electron chi connectivity index (χ3n) is 6.69. The Bertz CT molecular complexity index is 1130. The number of ketones is 1. The zero-order valence-corrected chi connectivity index (χ0v) is 22.4. The van der Waals surface area contributed by atoms with Crippen LogP contribution in [0.4, 0.5) is 5.69 Å². The number of carbonyl (C=O) groups excluding carboxylic acids is 2. The van der Waals surface area contributed by atoms with Crippen molar-refractivity contribution >= 4 is 23.1 Å². The summed E-state index contributed by atoms with van der Waals surface area (Å²) in [7, 11) is 3.16. The number of Topliss-reactive ketones (excluding diaryl/α,β-unsaturated/α-hetero) is 1. The van der Waals surface area contributed by atoms with E-state index in [0.717, 1.165) is 29.9 Å². The summed E-state index contributed by atoms with van der Waals surface area (Å²) in [6.07, 6.45) is 0. The van der Waals surface area contributed by atoms with Gasteiger partial charge in [-0.3, -0.25) is 9.59 Å². The number of benzene rings is 2. The van der Waals surface area contributed by atoms with Gasteiger partial charge in [-0.15, -0.1) is 0 Å². The smallest absolute Gasteiger partial charge is 0.295 e. The molecular formula is C29H38N2O5. The Morgan fingerprint density at radius 2 is 1.67 bits per heavy atom. The van der Waals surface area contributed by atoms with E-state index in [2.05, 4.69) is 39.5 Å². The first-order valence-electron chi connectivity index (χ1n) is 12.4. The number of aliphatic hydroxyl groups excluding tert-OH is 1. The van der Waals surface area contributed by atoms with E-state index in [1.165, 1.54) is 4.90 Å². The van der Waals surface area contributed by atoms with Crippen LogP contribution in [0.25, 0.3) is 5.76 Å². The number of amides is 1. The Kier molecular flexibility index (Phi) is 8.46. The van der Waals surface area contributed by atoms with E-state index in [1.54, 1.807) is 26.4 Å². The molecule has 0 aromatic heterocycles. The SMILES string of the molecule is CCN(CC)c1ccc(C2/C(=C(/O)c3ccc(OC)c(C(C)(C)C)c3)C(=O)C(=O)N2CCOC)cc1. The number of aliphatic hydroxyl groups is 1. The predicted molar refractivity (Wildman–Crippen MR) is 143 cm³/mol. The molecule has 7 heteroatoms. The number of ether oxygens (including phenoxy) is 2. The van der Waals surface area contributed by atoms with Crippen LogP contribution < -0.4 is 9.64 Å². The fourth-order valence-corrected chi connectivity index (χ4v) is 4.70. The topological polar surface area (TPSA) is 79.3 Å². The highest BCUT2D eigenvalue weighted by Crippen LogP contribution is 2.41. The number of nitrogens with zero attached hydrogens (tertiary/aromatic N) is 2. The van der Waals surface area contributed by atoms with E-state index < -0.39 is 17.7 Å². The second kappa shape index (κ2) is 11.2. The van der Waals surface area contributed by atoms with Crippen LogP contribution >= 0.6 is 0 Å². The second-order valence-electron chi connectivity index (χ2n) is 9.91. The average molecular weight is 495 g/mol. The van der Waals surface area contributed by atoms with Crippen LogP contribution in [0, 0.1) is 0 Å². The second-order valence-corrected chi connectivity index (χ2v) is 9.91. The molecule has 1 saturated heterocycles. The normalized spacial score (nSPS) is 17.5. The summed E-state index contributed by atoms with van der Waals surface area (Å²) in [4.78, 5) is 30.1. The fourth-order valence-electron chi connectivity index (χ4n) is 4.70. The van der Waals surface area contributed by atoms with Gasteiger partial charge in [-0.1, -0.05) is 32.9 Å². The maximum absolute atomic E-state index is 13.3. The van der Waals surface area contributed by atoms with Gasteiger partial charge in [-0.25, -0.2) is 0 Å². The number of rotatable bonds is 9. The lowest BCUT2D eigenvalue weighted by molar-refractivity contribution is -0.140. The quantitative estimate of drug-likeness (QED) is 0.303. The fraction of sp³-hybridized carbons (Fsp3) is 0.448. The molecule has 1 amide bonds. The van der Waals surface area contributed by atoms with E-state index in [-0.39, 0.29) is 29.9 Å². The van der Waals surface area contributed by atoms with Crippen LogP contribution in [0.3, 0.4) is 0 Å². The molecule has 7 nitrogen and oxygen atoms in total. The maximum Gasteiger partial charge on any atom is 0.295 e. The summed E-state index contributed by atoms with van der Waals surface area (Å²) in [5, 5.41) is 11.5. The van der Waals surface area contributed by atoms with Gasteiger partial charge >= 0.3 is 0 Å². The van der Waals surface area contributed by atoms with Crippen molar-refractivity contribution in [2.75, 3.05) is 45.4 Å².